The number of hydrogen-bond acceptors (Lipinski definition) is 4. The summed E-state index contributed by atoms with van der Waals surface area (Å²) in [6, 6.07) is 3.84. The van der Waals surface area contributed by atoms with Gasteiger partial charge in [-0.1, -0.05) is 19.8 Å². The van der Waals surface area contributed by atoms with Gasteiger partial charge in [0.1, 0.15) is 0 Å². The largest absolute Gasteiger partial charge is 0.493 e. The molecule has 0 aliphatic rings. The minimum atomic E-state index is -0.00124. The zero-order chi connectivity index (χ0) is 13.5. The highest BCUT2D eigenvalue weighted by molar-refractivity contribution is 5.54. The summed E-state index contributed by atoms with van der Waals surface area (Å²) in [5.74, 6) is 1.91. The number of benzene rings is 1. The maximum atomic E-state index is 6.17. The van der Waals surface area contributed by atoms with Crippen molar-refractivity contribution in [3.05, 3.63) is 17.7 Å². The van der Waals surface area contributed by atoms with Gasteiger partial charge in [0.15, 0.2) is 11.5 Å². The molecule has 0 aliphatic heterocycles. The Labute approximate surface area is 109 Å². The summed E-state index contributed by atoms with van der Waals surface area (Å²) < 4.78 is 15.9. The van der Waals surface area contributed by atoms with E-state index in [4.69, 9.17) is 19.9 Å². The summed E-state index contributed by atoms with van der Waals surface area (Å²) in [7, 11) is 4.81. The van der Waals surface area contributed by atoms with Gasteiger partial charge in [0.05, 0.1) is 21.3 Å². The van der Waals surface area contributed by atoms with Crippen molar-refractivity contribution < 1.29 is 14.2 Å². The van der Waals surface area contributed by atoms with Gasteiger partial charge in [-0.25, -0.2) is 0 Å². The Morgan fingerprint density at radius 1 is 1.06 bits per heavy atom. The van der Waals surface area contributed by atoms with Crippen LogP contribution in [0.15, 0.2) is 12.1 Å². The maximum absolute atomic E-state index is 6.17. The highest BCUT2D eigenvalue weighted by atomic mass is 16.5. The zero-order valence-electron chi connectivity index (χ0n) is 11.7. The summed E-state index contributed by atoms with van der Waals surface area (Å²) >= 11 is 0. The predicted molar refractivity (Wildman–Crippen MR) is 72.6 cm³/mol. The molecule has 2 N–H and O–H groups in total. The van der Waals surface area contributed by atoms with Crippen LogP contribution < -0.4 is 19.9 Å². The van der Waals surface area contributed by atoms with E-state index in [1.54, 1.807) is 21.3 Å². The summed E-state index contributed by atoms with van der Waals surface area (Å²) in [6.45, 7) is 2.15. The van der Waals surface area contributed by atoms with Crippen molar-refractivity contribution in [1.82, 2.24) is 0 Å². The lowest BCUT2D eigenvalue weighted by atomic mass is 10.0. The second-order valence-corrected chi connectivity index (χ2v) is 4.21. The molecule has 0 saturated carbocycles. The van der Waals surface area contributed by atoms with E-state index in [-0.39, 0.29) is 6.04 Å². The number of rotatable bonds is 7. The molecule has 0 aliphatic carbocycles. The average molecular weight is 253 g/mol. The molecule has 18 heavy (non-hydrogen) atoms. The molecular formula is C14H23NO3. The Morgan fingerprint density at radius 3 is 2.00 bits per heavy atom. The third-order valence-corrected chi connectivity index (χ3v) is 2.98. The van der Waals surface area contributed by atoms with Crippen LogP contribution in [0.25, 0.3) is 0 Å². The number of ether oxygens (including phenoxy) is 3. The molecule has 0 aromatic heterocycles. The quantitative estimate of drug-likeness (QED) is 0.811. The van der Waals surface area contributed by atoms with Crippen molar-refractivity contribution in [2.75, 3.05) is 21.3 Å². The topological polar surface area (TPSA) is 53.7 Å². The van der Waals surface area contributed by atoms with Gasteiger partial charge < -0.3 is 19.9 Å². The molecule has 0 bridgehead atoms. The first-order chi connectivity index (χ1) is 8.67. The number of hydrogen-bond donors (Lipinski definition) is 1. The third kappa shape index (κ3) is 3.29. The molecule has 1 atom stereocenters. The third-order valence-electron chi connectivity index (χ3n) is 2.98. The minimum absolute atomic E-state index is 0.00124. The fourth-order valence-corrected chi connectivity index (χ4v) is 1.91. The van der Waals surface area contributed by atoms with Gasteiger partial charge >= 0.3 is 0 Å². The van der Waals surface area contributed by atoms with Gasteiger partial charge in [0, 0.05) is 6.04 Å². The van der Waals surface area contributed by atoms with E-state index < -0.39 is 0 Å². The molecule has 0 fully saturated rings. The monoisotopic (exact) mass is 253 g/mol. The first-order valence-electron chi connectivity index (χ1n) is 6.23. The molecule has 0 heterocycles. The van der Waals surface area contributed by atoms with Crippen LogP contribution in [0, 0.1) is 0 Å². The van der Waals surface area contributed by atoms with E-state index in [1.807, 2.05) is 12.1 Å². The Balaban J connectivity index is 3.06. The molecule has 0 spiro atoms. The smallest absolute Gasteiger partial charge is 0.203 e. The van der Waals surface area contributed by atoms with Crippen molar-refractivity contribution in [1.29, 1.82) is 0 Å². The molecule has 0 saturated heterocycles. The van der Waals surface area contributed by atoms with Crippen molar-refractivity contribution in [2.24, 2.45) is 5.73 Å². The molecule has 1 unspecified atom stereocenters. The van der Waals surface area contributed by atoms with Crippen LogP contribution in [0.1, 0.15) is 37.8 Å². The second kappa shape index (κ2) is 7.11. The fraction of sp³-hybridized carbons (Fsp3) is 0.571. The molecule has 4 nitrogen and oxygen atoms in total. The summed E-state index contributed by atoms with van der Waals surface area (Å²) in [5.41, 5.74) is 7.18. The van der Waals surface area contributed by atoms with Crippen molar-refractivity contribution in [2.45, 2.75) is 32.2 Å². The molecular weight excluding hydrogens is 230 g/mol. The Kier molecular flexibility index (Phi) is 5.78. The summed E-state index contributed by atoms with van der Waals surface area (Å²) in [6.07, 6.45) is 3.20. The Bertz CT molecular complexity index is 354. The molecule has 0 amide bonds. The lowest BCUT2D eigenvalue weighted by Gasteiger charge is -2.17. The SMILES string of the molecule is CCCCC(N)c1cc(OC)c(OC)c(OC)c1. The van der Waals surface area contributed by atoms with Crippen LogP contribution in [-0.4, -0.2) is 21.3 Å². The number of unbranched alkanes of at least 4 members (excludes halogenated alkanes) is 1. The molecule has 4 heteroatoms. The molecule has 102 valence electrons. The van der Waals surface area contributed by atoms with Gasteiger partial charge in [-0.2, -0.15) is 0 Å². The maximum Gasteiger partial charge on any atom is 0.203 e. The van der Waals surface area contributed by atoms with Crippen LogP contribution in [0.2, 0.25) is 0 Å². The normalized spacial score (nSPS) is 12.1. The van der Waals surface area contributed by atoms with Crippen LogP contribution >= 0.6 is 0 Å². The second-order valence-electron chi connectivity index (χ2n) is 4.21. The zero-order valence-corrected chi connectivity index (χ0v) is 11.7. The number of nitrogens with two attached hydrogens (primary N) is 1. The van der Waals surface area contributed by atoms with E-state index in [0.29, 0.717) is 17.2 Å². The predicted octanol–water partition coefficient (Wildman–Crippen LogP) is 2.90. The van der Waals surface area contributed by atoms with Crippen molar-refractivity contribution >= 4 is 0 Å². The summed E-state index contributed by atoms with van der Waals surface area (Å²) in [4.78, 5) is 0. The van der Waals surface area contributed by atoms with Gasteiger partial charge in [-0.3, -0.25) is 0 Å². The summed E-state index contributed by atoms with van der Waals surface area (Å²) in [5, 5.41) is 0. The van der Waals surface area contributed by atoms with E-state index in [9.17, 15) is 0 Å². The van der Waals surface area contributed by atoms with Crippen LogP contribution in [-0.2, 0) is 0 Å². The van der Waals surface area contributed by atoms with Gasteiger partial charge in [-0.15, -0.1) is 0 Å². The van der Waals surface area contributed by atoms with Crippen molar-refractivity contribution in [3.63, 3.8) is 0 Å². The van der Waals surface area contributed by atoms with Crippen molar-refractivity contribution in [3.8, 4) is 17.2 Å². The standard InChI is InChI=1S/C14H23NO3/c1-5-6-7-11(15)10-8-12(16-2)14(18-4)13(9-10)17-3/h8-9,11H,5-7,15H2,1-4H3. The average Bonchev–Trinajstić information content (AvgIpc) is 2.42. The number of methoxy groups -OCH3 is 3. The Hall–Kier alpha value is -1.42. The lowest BCUT2D eigenvalue weighted by molar-refractivity contribution is 0.323. The minimum Gasteiger partial charge on any atom is -0.493 e. The highest BCUT2D eigenvalue weighted by Crippen LogP contribution is 2.39. The van der Waals surface area contributed by atoms with Gasteiger partial charge in [-0.05, 0) is 24.1 Å². The van der Waals surface area contributed by atoms with E-state index in [0.717, 1.165) is 24.8 Å². The van der Waals surface area contributed by atoms with Crippen LogP contribution in [0.5, 0.6) is 17.2 Å². The fourth-order valence-electron chi connectivity index (χ4n) is 1.91. The molecule has 1 aromatic carbocycles. The van der Waals surface area contributed by atoms with Gasteiger partial charge in [0.2, 0.25) is 5.75 Å². The van der Waals surface area contributed by atoms with E-state index in [1.165, 1.54) is 0 Å². The molecule has 1 rings (SSSR count). The Morgan fingerprint density at radius 2 is 1.61 bits per heavy atom. The molecule has 1 aromatic rings. The molecule has 0 radical (unpaired) electrons. The lowest BCUT2D eigenvalue weighted by Crippen LogP contribution is -2.11. The first-order valence-corrected chi connectivity index (χ1v) is 6.23. The first kappa shape index (κ1) is 14.6. The van der Waals surface area contributed by atoms with Gasteiger partial charge in [0.25, 0.3) is 0 Å². The van der Waals surface area contributed by atoms with E-state index in [2.05, 4.69) is 6.92 Å². The van der Waals surface area contributed by atoms with E-state index >= 15 is 0 Å². The highest BCUT2D eigenvalue weighted by Gasteiger charge is 2.16. The van der Waals surface area contributed by atoms with Crippen LogP contribution in [0.3, 0.4) is 0 Å². The van der Waals surface area contributed by atoms with Crippen LogP contribution in [0.4, 0.5) is 0 Å².